The van der Waals surface area contributed by atoms with Gasteiger partial charge in [-0.1, -0.05) is 24.1 Å². The maximum Gasteiger partial charge on any atom is 0.258 e. The van der Waals surface area contributed by atoms with Crippen LogP contribution in [0.25, 0.3) is 11.5 Å². The molecule has 1 aliphatic rings. The lowest BCUT2D eigenvalue weighted by atomic mass is 9.99. The fourth-order valence-electron chi connectivity index (χ4n) is 2.73. The van der Waals surface area contributed by atoms with Crippen molar-refractivity contribution in [2.45, 2.75) is 31.2 Å². The Morgan fingerprint density at radius 1 is 1.27 bits per heavy atom. The SMILES string of the molecule is COCCOc1cccc(-c2nc(C3(N)CCCC3)no2)c1. The van der Waals surface area contributed by atoms with Crippen LogP contribution in [0.3, 0.4) is 0 Å². The van der Waals surface area contributed by atoms with Crippen LogP contribution in [-0.4, -0.2) is 30.5 Å². The van der Waals surface area contributed by atoms with Gasteiger partial charge in [-0.15, -0.1) is 0 Å². The fourth-order valence-corrected chi connectivity index (χ4v) is 2.73. The molecule has 0 amide bonds. The third kappa shape index (κ3) is 3.13. The summed E-state index contributed by atoms with van der Waals surface area (Å²) in [5.74, 6) is 1.83. The second kappa shape index (κ2) is 6.46. The Balaban J connectivity index is 1.77. The Morgan fingerprint density at radius 2 is 2.09 bits per heavy atom. The molecule has 118 valence electrons. The summed E-state index contributed by atoms with van der Waals surface area (Å²) in [7, 11) is 1.64. The van der Waals surface area contributed by atoms with Crippen molar-refractivity contribution in [3.8, 4) is 17.2 Å². The first-order chi connectivity index (χ1) is 10.7. The molecule has 1 heterocycles. The molecule has 0 atom stereocenters. The largest absolute Gasteiger partial charge is 0.491 e. The summed E-state index contributed by atoms with van der Waals surface area (Å²) >= 11 is 0. The number of rotatable bonds is 6. The zero-order valence-corrected chi connectivity index (χ0v) is 12.7. The molecule has 0 saturated heterocycles. The van der Waals surface area contributed by atoms with E-state index in [1.54, 1.807) is 7.11 Å². The minimum atomic E-state index is -0.436. The van der Waals surface area contributed by atoms with Crippen LogP contribution in [0.2, 0.25) is 0 Å². The van der Waals surface area contributed by atoms with Crippen molar-refractivity contribution >= 4 is 0 Å². The summed E-state index contributed by atoms with van der Waals surface area (Å²) in [5, 5.41) is 4.08. The Kier molecular flexibility index (Phi) is 4.40. The van der Waals surface area contributed by atoms with E-state index in [0.29, 0.717) is 24.9 Å². The van der Waals surface area contributed by atoms with Crippen LogP contribution in [0.4, 0.5) is 0 Å². The van der Waals surface area contributed by atoms with Crippen molar-refractivity contribution in [3.05, 3.63) is 30.1 Å². The molecule has 3 rings (SSSR count). The molecule has 0 spiro atoms. The molecular formula is C16H21N3O3. The molecule has 2 aromatic rings. The highest BCUT2D eigenvalue weighted by molar-refractivity contribution is 5.55. The van der Waals surface area contributed by atoms with E-state index in [9.17, 15) is 0 Å². The van der Waals surface area contributed by atoms with E-state index in [1.807, 2.05) is 24.3 Å². The number of methoxy groups -OCH3 is 1. The molecule has 1 aliphatic carbocycles. The molecule has 0 bridgehead atoms. The number of hydrogen-bond donors (Lipinski definition) is 1. The van der Waals surface area contributed by atoms with Gasteiger partial charge in [-0.3, -0.25) is 0 Å². The van der Waals surface area contributed by atoms with Crippen LogP contribution in [0.15, 0.2) is 28.8 Å². The lowest BCUT2D eigenvalue weighted by Crippen LogP contribution is -2.34. The zero-order valence-electron chi connectivity index (χ0n) is 12.7. The van der Waals surface area contributed by atoms with Crippen LogP contribution in [0, 0.1) is 0 Å². The average molecular weight is 303 g/mol. The summed E-state index contributed by atoms with van der Waals surface area (Å²) in [6, 6.07) is 7.58. The zero-order chi connectivity index (χ0) is 15.4. The van der Waals surface area contributed by atoms with Gasteiger partial charge in [0.05, 0.1) is 12.1 Å². The number of nitrogens with zero attached hydrogens (tertiary/aromatic N) is 2. The van der Waals surface area contributed by atoms with Crippen LogP contribution >= 0.6 is 0 Å². The van der Waals surface area contributed by atoms with Gasteiger partial charge in [0.15, 0.2) is 5.82 Å². The molecule has 2 N–H and O–H groups in total. The number of ether oxygens (including phenoxy) is 2. The number of hydrogen-bond acceptors (Lipinski definition) is 6. The van der Waals surface area contributed by atoms with Crippen LogP contribution in [0.1, 0.15) is 31.5 Å². The first-order valence-electron chi connectivity index (χ1n) is 7.56. The van der Waals surface area contributed by atoms with Gasteiger partial charge in [0.2, 0.25) is 0 Å². The van der Waals surface area contributed by atoms with Crippen molar-refractivity contribution in [2.75, 3.05) is 20.3 Å². The van der Waals surface area contributed by atoms with E-state index < -0.39 is 5.54 Å². The minimum Gasteiger partial charge on any atom is -0.491 e. The third-order valence-electron chi connectivity index (χ3n) is 4.00. The Morgan fingerprint density at radius 3 is 2.86 bits per heavy atom. The van der Waals surface area contributed by atoms with Crippen molar-refractivity contribution in [1.82, 2.24) is 10.1 Å². The first kappa shape index (κ1) is 15.0. The predicted octanol–water partition coefficient (Wildman–Crippen LogP) is 2.49. The van der Waals surface area contributed by atoms with Crippen LogP contribution < -0.4 is 10.5 Å². The van der Waals surface area contributed by atoms with Gasteiger partial charge in [0.25, 0.3) is 5.89 Å². The number of aromatic nitrogens is 2. The highest BCUT2D eigenvalue weighted by Crippen LogP contribution is 2.35. The monoisotopic (exact) mass is 303 g/mol. The molecule has 6 heteroatoms. The Bertz CT molecular complexity index is 621. The lowest BCUT2D eigenvalue weighted by Gasteiger charge is -2.17. The highest BCUT2D eigenvalue weighted by Gasteiger charge is 2.36. The maximum atomic E-state index is 6.36. The highest BCUT2D eigenvalue weighted by atomic mass is 16.5. The van der Waals surface area contributed by atoms with Gasteiger partial charge in [-0.2, -0.15) is 4.98 Å². The van der Waals surface area contributed by atoms with Crippen LogP contribution in [-0.2, 0) is 10.3 Å². The van der Waals surface area contributed by atoms with Crippen molar-refractivity contribution in [2.24, 2.45) is 5.73 Å². The van der Waals surface area contributed by atoms with E-state index in [4.69, 9.17) is 19.7 Å². The van der Waals surface area contributed by atoms with E-state index in [-0.39, 0.29) is 0 Å². The van der Waals surface area contributed by atoms with Crippen molar-refractivity contribution in [3.63, 3.8) is 0 Å². The van der Waals surface area contributed by atoms with Crippen LogP contribution in [0.5, 0.6) is 5.75 Å². The standard InChI is InChI=1S/C16H21N3O3/c1-20-9-10-21-13-6-4-5-12(11-13)14-18-15(19-22-14)16(17)7-2-3-8-16/h4-6,11H,2-3,7-10,17H2,1H3. The average Bonchev–Trinajstić information content (AvgIpc) is 3.18. The summed E-state index contributed by atoms with van der Waals surface area (Å²) in [5.41, 5.74) is 6.75. The maximum absolute atomic E-state index is 6.36. The van der Waals surface area contributed by atoms with E-state index in [2.05, 4.69) is 10.1 Å². The van der Waals surface area contributed by atoms with Gasteiger partial charge >= 0.3 is 0 Å². The summed E-state index contributed by atoms with van der Waals surface area (Å²) < 4.78 is 16.0. The van der Waals surface area contributed by atoms with Gasteiger partial charge in [0, 0.05) is 12.7 Å². The summed E-state index contributed by atoms with van der Waals surface area (Å²) in [6.45, 7) is 1.05. The third-order valence-corrected chi connectivity index (χ3v) is 4.00. The predicted molar refractivity (Wildman–Crippen MR) is 81.4 cm³/mol. The van der Waals surface area contributed by atoms with E-state index in [0.717, 1.165) is 37.0 Å². The summed E-state index contributed by atoms with van der Waals surface area (Å²) in [4.78, 5) is 4.49. The van der Waals surface area contributed by atoms with Gasteiger partial charge < -0.3 is 19.7 Å². The van der Waals surface area contributed by atoms with Gasteiger partial charge in [-0.05, 0) is 31.0 Å². The van der Waals surface area contributed by atoms with E-state index >= 15 is 0 Å². The molecule has 0 aliphatic heterocycles. The summed E-state index contributed by atoms with van der Waals surface area (Å²) in [6.07, 6.45) is 4.05. The molecular weight excluding hydrogens is 282 g/mol. The smallest absolute Gasteiger partial charge is 0.258 e. The first-order valence-corrected chi connectivity index (χ1v) is 7.56. The molecule has 1 fully saturated rings. The minimum absolute atomic E-state index is 0.436. The number of benzene rings is 1. The van der Waals surface area contributed by atoms with Gasteiger partial charge in [0.1, 0.15) is 12.4 Å². The van der Waals surface area contributed by atoms with Gasteiger partial charge in [-0.25, -0.2) is 0 Å². The Hall–Kier alpha value is -1.92. The molecule has 1 saturated carbocycles. The van der Waals surface area contributed by atoms with Crippen molar-refractivity contribution in [1.29, 1.82) is 0 Å². The molecule has 22 heavy (non-hydrogen) atoms. The molecule has 0 unspecified atom stereocenters. The quantitative estimate of drug-likeness (QED) is 0.825. The number of nitrogens with two attached hydrogens (primary N) is 1. The molecule has 6 nitrogen and oxygen atoms in total. The Labute approximate surface area is 129 Å². The molecule has 0 radical (unpaired) electrons. The molecule has 1 aromatic carbocycles. The van der Waals surface area contributed by atoms with E-state index in [1.165, 1.54) is 0 Å². The lowest BCUT2D eigenvalue weighted by molar-refractivity contribution is 0.146. The van der Waals surface area contributed by atoms with Crippen molar-refractivity contribution < 1.29 is 14.0 Å². The second-order valence-electron chi connectivity index (χ2n) is 5.66. The topological polar surface area (TPSA) is 83.4 Å². The fraction of sp³-hybridized carbons (Fsp3) is 0.500. The normalized spacial score (nSPS) is 16.8. The second-order valence-corrected chi connectivity index (χ2v) is 5.66. The molecule has 1 aromatic heterocycles.